The van der Waals surface area contributed by atoms with E-state index < -0.39 is 35.6 Å². The zero-order chi connectivity index (χ0) is 41.4. The number of amides is 5. The molecule has 18 nitrogen and oxygen atoms in total. The van der Waals surface area contributed by atoms with Gasteiger partial charge in [-0.3, -0.25) is 53.2 Å². The van der Waals surface area contributed by atoms with Crippen LogP contribution in [0.3, 0.4) is 0 Å². The lowest BCUT2D eigenvalue weighted by atomic mass is 10.0. The Labute approximate surface area is 338 Å². The monoisotopic (exact) mass is 804 g/mol. The van der Waals surface area contributed by atoms with E-state index in [0.29, 0.717) is 41.5 Å². The summed E-state index contributed by atoms with van der Waals surface area (Å²) >= 11 is 0. The van der Waals surface area contributed by atoms with Crippen LogP contribution in [-0.2, 0) is 14.4 Å². The van der Waals surface area contributed by atoms with Gasteiger partial charge in [-0.05, 0) is 62.9 Å². The number of carbonyl (C=O) groups excluding carboxylic acids is 6. The fourth-order valence-corrected chi connectivity index (χ4v) is 8.45. The third-order valence-corrected chi connectivity index (χ3v) is 11.5. The van der Waals surface area contributed by atoms with Crippen LogP contribution in [0.15, 0.2) is 47.5 Å². The van der Waals surface area contributed by atoms with Crippen molar-refractivity contribution in [1.29, 1.82) is 0 Å². The number of ether oxygens (including phenoxy) is 1. The molecular formula is C41H44N10O8. The van der Waals surface area contributed by atoms with Crippen LogP contribution in [0.2, 0.25) is 0 Å². The van der Waals surface area contributed by atoms with Crippen LogP contribution in [0.1, 0.15) is 88.1 Å². The highest BCUT2D eigenvalue weighted by Crippen LogP contribution is 2.34. The van der Waals surface area contributed by atoms with Crippen molar-refractivity contribution in [3.63, 3.8) is 0 Å². The number of piperazine rings is 1. The molecule has 1 aliphatic carbocycles. The van der Waals surface area contributed by atoms with Crippen molar-refractivity contribution in [1.82, 2.24) is 40.0 Å². The summed E-state index contributed by atoms with van der Waals surface area (Å²) < 4.78 is 7.38. The molecule has 18 heteroatoms. The number of Topliss-reactive ketones (excluding diaryl/α,β-unsaturated/α-hetero) is 1. The van der Waals surface area contributed by atoms with E-state index in [1.807, 2.05) is 12.1 Å². The van der Waals surface area contributed by atoms with Crippen LogP contribution in [0.5, 0.6) is 5.75 Å². The van der Waals surface area contributed by atoms with Gasteiger partial charge in [0.15, 0.2) is 12.4 Å². The molecule has 3 aromatic heterocycles. The highest BCUT2D eigenvalue weighted by Gasteiger charge is 2.46. The minimum atomic E-state index is -1.10. The van der Waals surface area contributed by atoms with Crippen LogP contribution in [0, 0.1) is 6.92 Å². The largest absolute Gasteiger partial charge is 0.483 e. The Bertz CT molecular complexity index is 2440. The lowest BCUT2D eigenvalue weighted by Crippen LogP contribution is -2.54. The summed E-state index contributed by atoms with van der Waals surface area (Å²) in [4.78, 5) is 108. The summed E-state index contributed by atoms with van der Waals surface area (Å²) in [6, 6.07) is 7.21. The van der Waals surface area contributed by atoms with Crippen molar-refractivity contribution < 1.29 is 33.5 Å². The Morgan fingerprint density at radius 1 is 0.932 bits per heavy atom. The van der Waals surface area contributed by atoms with Crippen LogP contribution in [-0.4, -0.2) is 117 Å². The van der Waals surface area contributed by atoms with Crippen LogP contribution in [0.25, 0.3) is 11.0 Å². The third-order valence-electron chi connectivity index (χ3n) is 11.5. The molecule has 306 valence electrons. The van der Waals surface area contributed by atoms with E-state index >= 15 is 0 Å². The normalized spacial score (nSPS) is 18.6. The van der Waals surface area contributed by atoms with Gasteiger partial charge in [-0.15, -0.1) is 0 Å². The van der Waals surface area contributed by atoms with Crippen molar-refractivity contribution in [2.75, 3.05) is 56.1 Å². The maximum atomic E-state index is 13.5. The molecule has 4 aliphatic rings. The Morgan fingerprint density at radius 2 is 1.71 bits per heavy atom. The summed E-state index contributed by atoms with van der Waals surface area (Å²) in [5.41, 5.74) is 2.01. The zero-order valence-corrected chi connectivity index (χ0v) is 32.8. The van der Waals surface area contributed by atoms with Gasteiger partial charge < -0.3 is 20.3 Å². The van der Waals surface area contributed by atoms with Gasteiger partial charge >= 0.3 is 0 Å². The Hall–Kier alpha value is -6.56. The van der Waals surface area contributed by atoms with Crippen molar-refractivity contribution in [3.8, 4) is 5.75 Å². The van der Waals surface area contributed by atoms with Crippen LogP contribution in [0.4, 0.5) is 17.5 Å². The molecule has 2 saturated heterocycles. The highest BCUT2D eigenvalue weighted by atomic mass is 16.5. The van der Waals surface area contributed by atoms with Gasteiger partial charge in [0.25, 0.3) is 23.3 Å². The van der Waals surface area contributed by atoms with E-state index in [1.54, 1.807) is 23.9 Å². The van der Waals surface area contributed by atoms with Crippen LogP contribution < -0.4 is 31.1 Å². The van der Waals surface area contributed by atoms with Gasteiger partial charge in [-0.1, -0.05) is 18.9 Å². The van der Waals surface area contributed by atoms with Crippen molar-refractivity contribution in [2.45, 2.75) is 64.5 Å². The molecule has 59 heavy (non-hydrogen) atoms. The summed E-state index contributed by atoms with van der Waals surface area (Å²) in [6.45, 7) is 6.83. The van der Waals surface area contributed by atoms with Gasteiger partial charge in [-0.2, -0.15) is 4.98 Å². The van der Waals surface area contributed by atoms with Crippen molar-refractivity contribution >= 4 is 63.8 Å². The second-order valence-electron chi connectivity index (χ2n) is 15.2. The van der Waals surface area contributed by atoms with Gasteiger partial charge in [0, 0.05) is 63.3 Å². The quantitative estimate of drug-likeness (QED) is 0.138. The molecular weight excluding hydrogens is 761 g/mol. The highest BCUT2D eigenvalue weighted by molar-refractivity contribution is 6.24. The number of carbonyl (C=O) groups is 6. The number of aromatic nitrogens is 4. The predicted octanol–water partition coefficient (Wildman–Crippen LogP) is 2.27. The molecule has 3 aliphatic heterocycles. The number of nitrogens with one attached hydrogen (secondary N) is 3. The summed E-state index contributed by atoms with van der Waals surface area (Å²) in [6.07, 6.45) is 7.25. The molecule has 6 heterocycles. The summed E-state index contributed by atoms with van der Waals surface area (Å²) in [5, 5.41) is 8.86. The van der Waals surface area contributed by atoms with Crippen molar-refractivity contribution in [2.24, 2.45) is 0 Å². The number of rotatable bonds is 12. The minimum Gasteiger partial charge on any atom is -0.483 e. The summed E-state index contributed by atoms with van der Waals surface area (Å²) in [5.74, 6) is -2.26. The third kappa shape index (κ3) is 7.74. The molecule has 4 aromatic rings. The maximum absolute atomic E-state index is 13.5. The second-order valence-corrected chi connectivity index (χ2v) is 15.2. The van der Waals surface area contributed by atoms with Crippen molar-refractivity contribution in [3.05, 3.63) is 75.3 Å². The predicted molar refractivity (Wildman–Crippen MR) is 214 cm³/mol. The minimum absolute atomic E-state index is 0.0114. The second kappa shape index (κ2) is 16.4. The van der Waals surface area contributed by atoms with Gasteiger partial charge in [0.05, 0.1) is 28.6 Å². The molecule has 0 spiro atoms. The number of hydrogen-bond acceptors (Lipinski definition) is 14. The lowest BCUT2D eigenvalue weighted by Gasteiger charge is -2.36. The van der Waals surface area contributed by atoms with E-state index in [1.165, 1.54) is 25.1 Å². The van der Waals surface area contributed by atoms with E-state index in [4.69, 9.17) is 9.72 Å². The number of pyridine rings is 2. The Balaban J connectivity index is 0.810. The SMILES string of the molecule is CC(=O)c1c(C)c2cnc(Nc3ccc(N4CCN(CCNC(=O)COc5cccc6c5C(=O)N(C5CCC(=O)NC5=O)C6=O)CC4)cn3)nc2n(C2CCCC2)c1=O. The molecule has 1 saturated carbocycles. The van der Waals surface area contributed by atoms with E-state index in [0.717, 1.165) is 62.4 Å². The zero-order valence-electron chi connectivity index (χ0n) is 32.8. The first kappa shape index (κ1) is 39.3. The molecule has 3 fully saturated rings. The number of imide groups is 2. The summed E-state index contributed by atoms with van der Waals surface area (Å²) in [7, 11) is 0. The smallest absolute Gasteiger partial charge is 0.266 e. The number of hydrogen-bond donors (Lipinski definition) is 3. The maximum Gasteiger partial charge on any atom is 0.266 e. The molecule has 5 amide bonds. The molecule has 1 atom stereocenters. The van der Waals surface area contributed by atoms with Crippen LogP contribution >= 0.6 is 0 Å². The number of benzene rings is 1. The number of anilines is 3. The first-order chi connectivity index (χ1) is 28.5. The number of aryl methyl sites for hydroxylation is 1. The first-order valence-corrected chi connectivity index (χ1v) is 19.9. The standard InChI is InChI=1S/C41H44N10O8/c1-23-28-21-44-41(47-36(28)50(25-6-3-4-7-25)39(57)34(23)24(2)52)45-31-12-10-26(20-43-31)49-18-16-48(17-19-49)15-14-42-33(54)22-59-30-9-5-8-27-35(30)40(58)51(38(27)56)29-11-13-32(53)46-37(29)55/h5,8-10,12,20-21,25,29H,3-4,6-7,11,13-19,22H2,1-2H3,(H,42,54)(H,46,53,55)(H,43,44,45,47). The fraction of sp³-hybridized carbons (Fsp3) is 0.415. The molecule has 3 N–H and O–H groups in total. The first-order valence-electron chi connectivity index (χ1n) is 19.9. The Kier molecular flexibility index (Phi) is 10.9. The molecule has 8 rings (SSSR count). The molecule has 0 bridgehead atoms. The number of fused-ring (bicyclic) bond motifs is 2. The van der Waals surface area contributed by atoms with Gasteiger partial charge in [-0.25, -0.2) is 9.97 Å². The van der Waals surface area contributed by atoms with Gasteiger partial charge in [0.2, 0.25) is 17.8 Å². The topological polar surface area (TPSA) is 218 Å². The van der Waals surface area contributed by atoms with E-state index in [-0.39, 0.29) is 59.3 Å². The Morgan fingerprint density at radius 3 is 2.42 bits per heavy atom. The lowest BCUT2D eigenvalue weighted by molar-refractivity contribution is -0.136. The number of nitrogens with zero attached hydrogens (tertiary/aromatic N) is 7. The van der Waals surface area contributed by atoms with E-state index in [2.05, 4.69) is 35.7 Å². The number of piperidine rings is 1. The van der Waals surface area contributed by atoms with Gasteiger partial charge in [0.1, 0.15) is 23.3 Å². The average Bonchev–Trinajstić information content (AvgIpc) is 3.84. The van der Waals surface area contributed by atoms with E-state index in [9.17, 15) is 33.6 Å². The average molecular weight is 805 g/mol. The fourth-order valence-electron chi connectivity index (χ4n) is 8.45. The number of ketones is 1. The molecule has 0 radical (unpaired) electrons. The molecule has 1 unspecified atom stereocenters. The molecule has 1 aromatic carbocycles.